The van der Waals surface area contributed by atoms with E-state index in [1.165, 1.54) is 77.3 Å². The highest BCUT2D eigenvalue weighted by molar-refractivity contribution is 5.11. The maximum absolute atomic E-state index is 5.07. The molecule has 2 fully saturated rings. The van der Waals surface area contributed by atoms with Crippen LogP contribution in [0.5, 0.6) is 0 Å². The Morgan fingerprint density at radius 3 is 2.11 bits per heavy atom. The summed E-state index contributed by atoms with van der Waals surface area (Å²) in [6.45, 7) is 2.43. The van der Waals surface area contributed by atoms with Gasteiger partial charge >= 0.3 is 0 Å². The highest BCUT2D eigenvalue weighted by Crippen LogP contribution is 2.41. The van der Waals surface area contributed by atoms with E-state index in [-0.39, 0.29) is 5.54 Å². The minimum Gasteiger partial charge on any atom is -0.345 e. The van der Waals surface area contributed by atoms with Crippen LogP contribution in [0.15, 0.2) is 10.8 Å². The lowest BCUT2D eigenvalue weighted by Crippen LogP contribution is -2.46. The van der Waals surface area contributed by atoms with Gasteiger partial charge in [-0.2, -0.15) is 0 Å². The smallest absolute Gasteiger partial charge is 0.149 e. The van der Waals surface area contributed by atoms with Crippen LogP contribution < -0.4 is 0 Å². The molecular formula is C15H25N3O. The molecule has 0 bridgehead atoms. The van der Waals surface area contributed by atoms with Gasteiger partial charge in [-0.15, -0.1) is 5.10 Å². The summed E-state index contributed by atoms with van der Waals surface area (Å²) < 4.78 is 5.07. The van der Waals surface area contributed by atoms with Crippen molar-refractivity contribution >= 4 is 0 Å². The predicted octanol–water partition coefficient (Wildman–Crippen LogP) is 3.50. The third-order valence-electron chi connectivity index (χ3n) is 4.98. The summed E-state index contributed by atoms with van der Waals surface area (Å²) in [5, 5.41) is 8.04. The molecule has 1 saturated heterocycles. The molecule has 1 saturated carbocycles. The first kappa shape index (κ1) is 13.1. The number of hydrogen-bond acceptors (Lipinski definition) is 4. The van der Waals surface area contributed by atoms with Gasteiger partial charge in [0.05, 0.1) is 5.54 Å². The third-order valence-corrected chi connectivity index (χ3v) is 4.98. The normalized spacial score (nSPS) is 25.7. The molecule has 2 aliphatic rings. The van der Waals surface area contributed by atoms with Gasteiger partial charge in [-0.05, 0) is 38.8 Å². The zero-order valence-corrected chi connectivity index (χ0v) is 11.8. The quantitative estimate of drug-likeness (QED) is 0.766. The standard InChI is InChI=1S/C15H25N3O/c1-2-6-10-15(9-5-1,14-13-19-17-16-14)18-11-7-3-4-8-12-18/h13H,1-12H2. The first-order chi connectivity index (χ1) is 9.42. The molecule has 1 aromatic rings. The van der Waals surface area contributed by atoms with Crippen LogP contribution in [-0.4, -0.2) is 28.4 Å². The van der Waals surface area contributed by atoms with Crippen LogP contribution in [0.25, 0.3) is 0 Å². The molecule has 3 rings (SSSR count). The molecular weight excluding hydrogens is 238 g/mol. The van der Waals surface area contributed by atoms with Crippen LogP contribution >= 0.6 is 0 Å². The number of likely N-dealkylation sites (tertiary alicyclic amines) is 1. The van der Waals surface area contributed by atoms with Crippen LogP contribution in [0.4, 0.5) is 0 Å². The molecule has 19 heavy (non-hydrogen) atoms. The van der Waals surface area contributed by atoms with Crippen molar-refractivity contribution < 1.29 is 4.52 Å². The predicted molar refractivity (Wildman–Crippen MR) is 73.7 cm³/mol. The molecule has 4 nitrogen and oxygen atoms in total. The van der Waals surface area contributed by atoms with Gasteiger partial charge in [-0.25, -0.2) is 0 Å². The van der Waals surface area contributed by atoms with E-state index in [0.29, 0.717) is 0 Å². The Morgan fingerprint density at radius 2 is 1.53 bits per heavy atom. The van der Waals surface area contributed by atoms with Crippen molar-refractivity contribution in [3.63, 3.8) is 0 Å². The van der Waals surface area contributed by atoms with Gasteiger partial charge in [-0.1, -0.05) is 38.5 Å². The first-order valence-corrected chi connectivity index (χ1v) is 7.94. The van der Waals surface area contributed by atoms with E-state index in [9.17, 15) is 0 Å². The van der Waals surface area contributed by atoms with E-state index in [1.54, 1.807) is 6.26 Å². The summed E-state index contributed by atoms with van der Waals surface area (Å²) in [5.74, 6) is 0. The third kappa shape index (κ3) is 2.69. The fourth-order valence-corrected chi connectivity index (χ4v) is 3.91. The summed E-state index contributed by atoms with van der Waals surface area (Å²) in [6, 6.07) is 0. The fraction of sp³-hybridized carbons (Fsp3) is 0.867. The molecule has 0 N–H and O–H groups in total. The largest absolute Gasteiger partial charge is 0.345 e. The van der Waals surface area contributed by atoms with Gasteiger partial charge in [-0.3, -0.25) is 4.90 Å². The zero-order valence-electron chi connectivity index (χ0n) is 11.8. The van der Waals surface area contributed by atoms with Gasteiger partial charge in [0, 0.05) is 5.27 Å². The lowest BCUT2D eigenvalue weighted by Gasteiger charge is -2.41. The zero-order chi connectivity index (χ0) is 13.0. The summed E-state index contributed by atoms with van der Waals surface area (Å²) in [4.78, 5) is 2.70. The number of hydrogen-bond donors (Lipinski definition) is 0. The summed E-state index contributed by atoms with van der Waals surface area (Å²) >= 11 is 0. The Morgan fingerprint density at radius 1 is 0.895 bits per heavy atom. The highest BCUT2D eigenvalue weighted by atomic mass is 16.5. The van der Waals surface area contributed by atoms with E-state index in [4.69, 9.17) is 4.52 Å². The average Bonchev–Trinajstić information content (AvgIpc) is 2.70. The molecule has 1 aliphatic heterocycles. The molecule has 1 aromatic heterocycles. The van der Waals surface area contributed by atoms with E-state index >= 15 is 0 Å². The van der Waals surface area contributed by atoms with Crippen LogP contribution in [-0.2, 0) is 5.54 Å². The Labute approximate surface area is 115 Å². The van der Waals surface area contributed by atoms with Crippen molar-refractivity contribution in [1.82, 2.24) is 15.3 Å². The molecule has 0 aromatic carbocycles. The van der Waals surface area contributed by atoms with Gasteiger partial charge < -0.3 is 4.52 Å². The maximum Gasteiger partial charge on any atom is 0.149 e. The van der Waals surface area contributed by atoms with Crippen LogP contribution in [0.3, 0.4) is 0 Å². The Balaban J connectivity index is 1.90. The van der Waals surface area contributed by atoms with Gasteiger partial charge in [0.25, 0.3) is 0 Å². The minimum atomic E-state index is 0.112. The molecule has 0 atom stereocenters. The minimum absolute atomic E-state index is 0.112. The molecule has 0 radical (unpaired) electrons. The van der Waals surface area contributed by atoms with E-state index in [0.717, 1.165) is 5.69 Å². The summed E-state index contributed by atoms with van der Waals surface area (Å²) in [5.41, 5.74) is 1.19. The number of nitrogens with zero attached hydrogens (tertiary/aromatic N) is 3. The number of aromatic nitrogens is 2. The second kappa shape index (κ2) is 6.04. The maximum atomic E-state index is 5.07. The lowest BCUT2D eigenvalue weighted by atomic mass is 9.85. The SMILES string of the molecule is c1onnc1C1(N2CCCCCC2)CCCCCC1. The lowest BCUT2D eigenvalue weighted by molar-refractivity contribution is 0.0674. The van der Waals surface area contributed by atoms with E-state index < -0.39 is 0 Å². The van der Waals surface area contributed by atoms with Crippen molar-refractivity contribution in [1.29, 1.82) is 0 Å². The summed E-state index contributed by atoms with van der Waals surface area (Å²) in [7, 11) is 0. The second-order valence-corrected chi connectivity index (χ2v) is 6.14. The molecule has 2 heterocycles. The first-order valence-electron chi connectivity index (χ1n) is 7.94. The van der Waals surface area contributed by atoms with Gasteiger partial charge in [0.15, 0.2) is 0 Å². The Kier molecular flexibility index (Phi) is 4.16. The van der Waals surface area contributed by atoms with Crippen LogP contribution in [0.2, 0.25) is 0 Å². The molecule has 0 amide bonds. The van der Waals surface area contributed by atoms with Crippen LogP contribution in [0.1, 0.15) is 69.9 Å². The van der Waals surface area contributed by atoms with Crippen molar-refractivity contribution in [3.8, 4) is 0 Å². The van der Waals surface area contributed by atoms with Gasteiger partial charge in [0.1, 0.15) is 12.0 Å². The topological polar surface area (TPSA) is 42.2 Å². The van der Waals surface area contributed by atoms with E-state index in [2.05, 4.69) is 15.3 Å². The van der Waals surface area contributed by atoms with Crippen molar-refractivity contribution in [2.75, 3.05) is 13.1 Å². The molecule has 4 heteroatoms. The van der Waals surface area contributed by atoms with Crippen molar-refractivity contribution in [2.24, 2.45) is 0 Å². The van der Waals surface area contributed by atoms with Crippen molar-refractivity contribution in [2.45, 2.75) is 69.7 Å². The second-order valence-electron chi connectivity index (χ2n) is 6.14. The summed E-state index contributed by atoms with van der Waals surface area (Å²) in [6.07, 6.45) is 15.0. The van der Waals surface area contributed by atoms with E-state index in [1.807, 2.05) is 0 Å². The van der Waals surface area contributed by atoms with Crippen molar-refractivity contribution in [3.05, 3.63) is 12.0 Å². The monoisotopic (exact) mass is 263 g/mol. The molecule has 106 valence electrons. The Hall–Kier alpha value is -0.900. The van der Waals surface area contributed by atoms with Crippen LogP contribution in [0, 0.1) is 0 Å². The molecule has 1 aliphatic carbocycles. The van der Waals surface area contributed by atoms with Gasteiger partial charge in [0.2, 0.25) is 0 Å². The average molecular weight is 263 g/mol. The fourth-order valence-electron chi connectivity index (χ4n) is 3.91. The Bertz CT molecular complexity index is 361. The molecule has 0 spiro atoms. The number of rotatable bonds is 2. The highest BCUT2D eigenvalue weighted by Gasteiger charge is 2.41. The molecule has 0 unspecified atom stereocenters.